The smallest absolute Gasteiger partial charge is 0.253 e. The molecule has 0 saturated carbocycles. The van der Waals surface area contributed by atoms with Crippen molar-refractivity contribution in [2.24, 2.45) is 7.05 Å². The van der Waals surface area contributed by atoms with Crippen molar-refractivity contribution < 1.29 is 4.79 Å². The zero-order valence-electron chi connectivity index (χ0n) is 11.3. The molecule has 0 aliphatic carbocycles. The SMILES string of the molecule is CC(Cc1n[nH]c(=S)n1C)c1cnc2c(c1)C(=O)NC2. The van der Waals surface area contributed by atoms with Crippen molar-refractivity contribution in [2.45, 2.75) is 25.8 Å². The Morgan fingerprint density at radius 1 is 1.55 bits per heavy atom. The first kappa shape index (κ1) is 13.0. The molecule has 2 N–H and O–H groups in total. The predicted molar refractivity (Wildman–Crippen MR) is 75.9 cm³/mol. The largest absolute Gasteiger partial charge is 0.346 e. The Balaban J connectivity index is 1.86. The summed E-state index contributed by atoms with van der Waals surface area (Å²) in [6.45, 7) is 2.62. The molecule has 0 radical (unpaired) electrons. The molecule has 1 unspecified atom stereocenters. The van der Waals surface area contributed by atoms with Crippen molar-refractivity contribution in [1.29, 1.82) is 0 Å². The van der Waals surface area contributed by atoms with Crippen LogP contribution in [-0.4, -0.2) is 25.7 Å². The van der Waals surface area contributed by atoms with E-state index >= 15 is 0 Å². The average molecular weight is 289 g/mol. The van der Waals surface area contributed by atoms with Crippen molar-refractivity contribution in [1.82, 2.24) is 25.1 Å². The molecule has 3 rings (SSSR count). The van der Waals surface area contributed by atoms with Gasteiger partial charge in [-0.1, -0.05) is 6.92 Å². The number of carbonyl (C=O) groups excluding carboxylic acids is 1. The predicted octanol–water partition coefficient (Wildman–Crippen LogP) is 1.46. The third-order valence-corrected chi connectivity index (χ3v) is 4.05. The Morgan fingerprint density at radius 2 is 2.35 bits per heavy atom. The van der Waals surface area contributed by atoms with Gasteiger partial charge in [0, 0.05) is 19.7 Å². The van der Waals surface area contributed by atoms with Crippen LogP contribution < -0.4 is 5.32 Å². The summed E-state index contributed by atoms with van der Waals surface area (Å²) < 4.78 is 2.47. The highest BCUT2D eigenvalue weighted by Gasteiger charge is 2.22. The zero-order valence-corrected chi connectivity index (χ0v) is 12.1. The topological polar surface area (TPSA) is 75.6 Å². The van der Waals surface area contributed by atoms with Gasteiger partial charge in [-0.15, -0.1) is 0 Å². The molecule has 1 amide bonds. The summed E-state index contributed by atoms with van der Waals surface area (Å²) in [5, 5.41) is 9.77. The molecule has 20 heavy (non-hydrogen) atoms. The van der Waals surface area contributed by atoms with Crippen LogP contribution >= 0.6 is 12.2 Å². The fourth-order valence-electron chi connectivity index (χ4n) is 2.33. The van der Waals surface area contributed by atoms with Crippen LogP contribution in [0.4, 0.5) is 0 Å². The van der Waals surface area contributed by atoms with Crippen molar-refractivity contribution in [3.05, 3.63) is 39.7 Å². The molecule has 0 fully saturated rings. The maximum atomic E-state index is 11.7. The van der Waals surface area contributed by atoms with Gasteiger partial charge in [0.25, 0.3) is 5.91 Å². The number of rotatable bonds is 3. The molecule has 3 heterocycles. The van der Waals surface area contributed by atoms with Gasteiger partial charge in [-0.2, -0.15) is 5.10 Å². The number of hydrogen-bond acceptors (Lipinski definition) is 4. The zero-order chi connectivity index (χ0) is 14.3. The van der Waals surface area contributed by atoms with Crippen LogP contribution in [0.3, 0.4) is 0 Å². The molecule has 2 aromatic heterocycles. The Bertz CT molecular complexity index is 733. The van der Waals surface area contributed by atoms with Gasteiger partial charge < -0.3 is 9.88 Å². The van der Waals surface area contributed by atoms with E-state index < -0.39 is 0 Å². The lowest BCUT2D eigenvalue weighted by Gasteiger charge is -2.11. The van der Waals surface area contributed by atoms with E-state index in [4.69, 9.17) is 12.2 Å². The van der Waals surface area contributed by atoms with Crippen molar-refractivity contribution in [3.8, 4) is 0 Å². The highest BCUT2D eigenvalue weighted by molar-refractivity contribution is 7.71. The second kappa shape index (κ2) is 4.82. The van der Waals surface area contributed by atoms with E-state index in [-0.39, 0.29) is 11.8 Å². The lowest BCUT2D eigenvalue weighted by molar-refractivity contribution is 0.0965. The third kappa shape index (κ3) is 2.14. The lowest BCUT2D eigenvalue weighted by atomic mass is 9.97. The number of aromatic nitrogens is 4. The second-order valence-electron chi connectivity index (χ2n) is 5.05. The fourth-order valence-corrected chi connectivity index (χ4v) is 2.48. The standard InChI is InChI=1S/C13H15N5OS/c1-7(3-11-16-17-13(20)18(11)2)8-4-9-10(14-5-8)6-15-12(9)19/h4-5,7H,3,6H2,1-2H3,(H,15,19)(H,17,20). The summed E-state index contributed by atoms with van der Waals surface area (Å²) in [6, 6.07) is 1.93. The van der Waals surface area contributed by atoms with Gasteiger partial charge in [0.2, 0.25) is 0 Å². The molecule has 7 heteroatoms. The third-order valence-electron chi connectivity index (χ3n) is 3.68. The highest BCUT2D eigenvalue weighted by atomic mass is 32.1. The van der Waals surface area contributed by atoms with Crippen LogP contribution in [-0.2, 0) is 20.0 Å². The Morgan fingerprint density at radius 3 is 3.05 bits per heavy atom. The molecule has 0 aromatic carbocycles. The van der Waals surface area contributed by atoms with E-state index in [1.54, 1.807) is 0 Å². The molecule has 0 spiro atoms. The van der Waals surface area contributed by atoms with Gasteiger partial charge in [-0.3, -0.25) is 14.9 Å². The first-order valence-corrected chi connectivity index (χ1v) is 6.84. The van der Waals surface area contributed by atoms with E-state index in [0.717, 1.165) is 23.5 Å². The van der Waals surface area contributed by atoms with Crippen molar-refractivity contribution in [2.75, 3.05) is 0 Å². The highest BCUT2D eigenvalue weighted by Crippen LogP contribution is 2.22. The monoisotopic (exact) mass is 289 g/mol. The number of H-pyrrole nitrogens is 1. The number of nitrogens with one attached hydrogen (secondary N) is 2. The van der Waals surface area contributed by atoms with Gasteiger partial charge in [-0.25, -0.2) is 0 Å². The first-order chi connectivity index (χ1) is 9.56. The quantitative estimate of drug-likeness (QED) is 0.839. The molecule has 104 valence electrons. The van der Waals surface area contributed by atoms with Gasteiger partial charge in [0.15, 0.2) is 4.77 Å². The van der Waals surface area contributed by atoms with Crippen LogP contribution in [0.25, 0.3) is 0 Å². The molecule has 0 bridgehead atoms. The number of nitrogens with zero attached hydrogens (tertiary/aromatic N) is 3. The van der Waals surface area contributed by atoms with Crippen LogP contribution in [0.1, 0.15) is 40.3 Å². The van der Waals surface area contributed by atoms with E-state index in [1.165, 1.54) is 0 Å². The molecule has 1 atom stereocenters. The summed E-state index contributed by atoms with van der Waals surface area (Å²) in [7, 11) is 1.89. The van der Waals surface area contributed by atoms with Crippen LogP contribution in [0.2, 0.25) is 0 Å². The van der Waals surface area contributed by atoms with Gasteiger partial charge in [-0.05, 0) is 29.8 Å². The minimum absolute atomic E-state index is 0.0419. The van der Waals surface area contributed by atoms with Gasteiger partial charge in [0.05, 0.1) is 17.8 Å². The maximum absolute atomic E-state index is 11.7. The second-order valence-corrected chi connectivity index (χ2v) is 5.44. The Labute approximate surface area is 121 Å². The first-order valence-electron chi connectivity index (χ1n) is 6.43. The van der Waals surface area contributed by atoms with E-state index in [0.29, 0.717) is 16.9 Å². The molecule has 6 nitrogen and oxygen atoms in total. The molecule has 0 saturated heterocycles. The summed E-state index contributed by atoms with van der Waals surface area (Å²) in [6.07, 6.45) is 2.58. The van der Waals surface area contributed by atoms with Crippen molar-refractivity contribution in [3.63, 3.8) is 0 Å². The number of amides is 1. The van der Waals surface area contributed by atoms with Crippen LogP contribution in [0, 0.1) is 4.77 Å². The normalized spacial score (nSPS) is 15.0. The van der Waals surface area contributed by atoms with E-state index in [9.17, 15) is 4.79 Å². The maximum Gasteiger partial charge on any atom is 0.253 e. The summed E-state index contributed by atoms with van der Waals surface area (Å²) in [5.41, 5.74) is 2.54. The molecule has 1 aliphatic heterocycles. The average Bonchev–Trinajstić information content (AvgIpc) is 2.96. The van der Waals surface area contributed by atoms with Gasteiger partial charge >= 0.3 is 0 Å². The van der Waals surface area contributed by atoms with Crippen LogP contribution in [0.15, 0.2) is 12.3 Å². The molecular weight excluding hydrogens is 274 g/mol. The lowest BCUT2D eigenvalue weighted by Crippen LogP contribution is -2.12. The number of carbonyl (C=O) groups is 1. The number of pyridine rings is 1. The van der Waals surface area contributed by atoms with E-state index in [2.05, 4.69) is 27.4 Å². The summed E-state index contributed by atoms with van der Waals surface area (Å²) in [4.78, 5) is 16.0. The van der Waals surface area contributed by atoms with Gasteiger partial charge in [0.1, 0.15) is 5.82 Å². The number of aromatic amines is 1. The Kier molecular flexibility index (Phi) is 3.13. The van der Waals surface area contributed by atoms with Crippen molar-refractivity contribution >= 4 is 18.1 Å². The molecule has 2 aromatic rings. The van der Waals surface area contributed by atoms with E-state index in [1.807, 2.05) is 23.9 Å². The number of hydrogen-bond donors (Lipinski definition) is 2. The molecular formula is C13H15N5OS. The summed E-state index contributed by atoms with van der Waals surface area (Å²) in [5.74, 6) is 1.07. The summed E-state index contributed by atoms with van der Waals surface area (Å²) >= 11 is 5.10. The van der Waals surface area contributed by atoms with Crippen LogP contribution in [0.5, 0.6) is 0 Å². The Hall–Kier alpha value is -2.02. The minimum Gasteiger partial charge on any atom is -0.346 e. The molecule has 1 aliphatic rings. The number of fused-ring (bicyclic) bond motifs is 1. The minimum atomic E-state index is -0.0419. The fraction of sp³-hybridized carbons (Fsp3) is 0.385.